The van der Waals surface area contributed by atoms with Gasteiger partial charge in [-0.05, 0) is 37.1 Å². The second kappa shape index (κ2) is 11.8. The minimum atomic E-state index is -0.403. The summed E-state index contributed by atoms with van der Waals surface area (Å²) in [5.41, 5.74) is 7.34. The van der Waals surface area contributed by atoms with Crippen LogP contribution in [-0.4, -0.2) is 97.6 Å². The number of ether oxygens (including phenoxy) is 3. The Kier molecular flexibility index (Phi) is 7.80. The average Bonchev–Trinajstić information content (AvgIpc) is 3.66. The molecule has 3 aliphatic heterocycles. The lowest BCUT2D eigenvalue weighted by molar-refractivity contribution is 0.0357. The van der Waals surface area contributed by atoms with E-state index in [1.54, 1.807) is 19.4 Å². The smallest absolute Gasteiger partial charge is 0.281 e. The number of morpholine rings is 1. The molecule has 6 rings (SSSR count). The number of carbonyl (C=O) groups excluding carboxylic acids is 1. The molecule has 2 fully saturated rings. The molecule has 1 aromatic carbocycles. The number of amides is 1. The van der Waals surface area contributed by atoms with Crippen LogP contribution in [-0.2, 0) is 11.3 Å². The van der Waals surface area contributed by atoms with E-state index in [0.717, 1.165) is 75.8 Å². The van der Waals surface area contributed by atoms with E-state index in [4.69, 9.17) is 24.9 Å². The highest BCUT2D eigenvalue weighted by Gasteiger charge is 2.22. The summed E-state index contributed by atoms with van der Waals surface area (Å²) in [5, 5.41) is 4.30. The SMILES string of the molecule is COc1c(OCCCN2CCOCC2)ccc2c3n(c(=NC(=O)c4ccc(N5CCC(N)C5)nc4)nc12)CCN3. The maximum Gasteiger partial charge on any atom is 0.281 e. The summed E-state index contributed by atoms with van der Waals surface area (Å²) in [6, 6.07) is 7.65. The molecule has 0 aliphatic carbocycles. The number of nitrogens with zero attached hydrogens (tertiary/aromatic N) is 6. The first-order valence-electron chi connectivity index (χ1n) is 13.9. The van der Waals surface area contributed by atoms with Crippen molar-refractivity contribution in [2.24, 2.45) is 10.7 Å². The zero-order chi connectivity index (χ0) is 27.5. The fourth-order valence-electron chi connectivity index (χ4n) is 5.49. The molecular formula is C28H36N8O4. The van der Waals surface area contributed by atoms with Crippen LogP contribution < -0.4 is 31.0 Å². The molecule has 0 spiro atoms. The van der Waals surface area contributed by atoms with Gasteiger partial charge >= 0.3 is 0 Å². The van der Waals surface area contributed by atoms with Crippen LogP contribution in [0, 0.1) is 0 Å². The third-order valence-corrected chi connectivity index (χ3v) is 7.63. The van der Waals surface area contributed by atoms with Gasteiger partial charge < -0.3 is 30.2 Å². The largest absolute Gasteiger partial charge is 0.491 e. The van der Waals surface area contributed by atoms with E-state index >= 15 is 0 Å². The summed E-state index contributed by atoms with van der Waals surface area (Å²) in [7, 11) is 1.60. The van der Waals surface area contributed by atoms with E-state index < -0.39 is 5.91 Å². The van der Waals surface area contributed by atoms with Crippen LogP contribution in [0.3, 0.4) is 0 Å². The van der Waals surface area contributed by atoms with Crippen molar-refractivity contribution in [2.45, 2.75) is 25.4 Å². The Morgan fingerprint density at radius 3 is 2.83 bits per heavy atom. The minimum Gasteiger partial charge on any atom is -0.491 e. The van der Waals surface area contributed by atoms with Gasteiger partial charge in [-0.2, -0.15) is 4.99 Å². The number of methoxy groups -OCH3 is 1. The molecule has 1 atom stereocenters. The monoisotopic (exact) mass is 548 g/mol. The maximum atomic E-state index is 13.2. The van der Waals surface area contributed by atoms with Crippen molar-refractivity contribution >= 4 is 28.4 Å². The van der Waals surface area contributed by atoms with Crippen LogP contribution in [0.15, 0.2) is 35.5 Å². The number of rotatable bonds is 8. The molecule has 0 saturated carbocycles. The molecule has 12 nitrogen and oxygen atoms in total. The van der Waals surface area contributed by atoms with Crippen LogP contribution in [0.4, 0.5) is 11.6 Å². The average molecular weight is 549 g/mol. The van der Waals surface area contributed by atoms with Crippen molar-refractivity contribution in [3.05, 3.63) is 41.6 Å². The lowest BCUT2D eigenvalue weighted by atomic mass is 10.2. The van der Waals surface area contributed by atoms with Crippen molar-refractivity contribution in [3.63, 3.8) is 0 Å². The van der Waals surface area contributed by atoms with Crippen LogP contribution >= 0.6 is 0 Å². The third kappa shape index (κ3) is 5.47. The second-order valence-electron chi connectivity index (χ2n) is 10.3. The standard InChI is InChI=1S/C28H36N8O4/c1-38-25-22(40-14-2-9-34-12-15-39-16-13-34)5-4-21-24(25)32-28(36-11-8-30-26(21)36)33-27(37)19-3-6-23(31-17-19)35-10-7-20(29)18-35/h3-6,17,20,30H,2,7-16,18,29H2,1H3. The molecule has 40 heavy (non-hydrogen) atoms. The predicted molar refractivity (Wildman–Crippen MR) is 151 cm³/mol. The van der Waals surface area contributed by atoms with Crippen molar-refractivity contribution < 1.29 is 19.0 Å². The van der Waals surface area contributed by atoms with E-state index in [0.29, 0.717) is 47.9 Å². The molecular weight excluding hydrogens is 512 g/mol. The zero-order valence-electron chi connectivity index (χ0n) is 22.8. The fourth-order valence-corrected chi connectivity index (χ4v) is 5.49. The Bertz CT molecular complexity index is 1430. The second-order valence-corrected chi connectivity index (χ2v) is 10.3. The Balaban J connectivity index is 1.25. The molecule has 2 saturated heterocycles. The molecule has 0 bridgehead atoms. The third-order valence-electron chi connectivity index (χ3n) is 7.63. The number of anilines is 2. The van der Waals surface area contributed by atoms with Crippen molar-refractivity contribution in [3.8, 4) is 11.5 Å². The van der Waals surface area contributed by atoms with Gasteiger partial charge in [0.2, 0.25) is 5.62 Å². The van der Waals surface area contributed by atoms with Crippen molar-refractivity contribution in [1.82, 2.24) is 19.4 Å². The van der Waals surface area contributed by atoms with Gasteiger partial charge in [0, 0.05) is 63.4 Å². The molecule has 12 heteroatoms. The number of aromatic nitrogens is 3. The van der Waals surface area contributed by atoms with Gasteiger partial charge in [0.25, 0.3) is 5.91 Å². The number of carbonyl (C=O) groups is 1. The van der Waals surface area contributed by atoms with Gasteiger partial charge in [-0.1, -0.05) is 0 Å². The topological polar surface area (TPSA) is 132 Å². The summed E-state index contributed by atoms with van der Waals surface area (Å²) >= 11 is 0. The number of pyridine rings is 1. The highest BCUT2D eigenvalue weighted by molar-refractivity contribution is 5.96. The van der Waals surface area contributed by atoms with E-state index in [1.807, 2.05) is 22.8 Å². The molecule has 3 N–H and O–H groups in total. The summed E-state index contributed by atoms with van der Waals surface area (Å²) in [5.74, 6) is 2.41. The first-order valence-corrected chi connectivity index (χ1v) is 13.9. The van der Waals surface area contributed by atoms with E-state index in [2.05, 4.69) is 25.1 Å². The van der Waals surface area contributed by atoms with E-state index in [1.165, 1.54) is 0 Å². The normalized spacial score (nSPS) is 19.6. The number of nitrogens with two attached hydrogens (primary N) is 1. The maximum absolute atomic E-state index is 13.2. The van der Waals surface area contributed by atoms with E-state index in [9.17, 15) is 4.79 Å². The molecule has 3 aromatic rings. The van der Waals surface area contributed by atoms with Crippen LogP contribution in [0.25, 0.3) is 10.9 Å². The predicted octanol–water partition coefficient (Wildman–Crippen LogP) is 1.25. The van der Waals surface area contributed by atoms with Gasteiger partial charge in [-0.25, -0.2) is 9.97 Å². The molecule has 2 aromatic heterocycles. The highest BCUT2D eigenvalue weighted by Crippen LogP contribution is 2.37. The molecule has 1 unspecified atom stereocenters. The van der Waals surface area contributed by atoms with Gasteiger partial charge in [-0.3, -0.25) is 14.3 Å². The first-order chi connectivity index (χ1) is 19.6. The Morgan fingerprint density at radius 2 is 2.08 bits per heavy atom. The Hall–Kier alpha value is -3.74. The number of fused-ring (bicyclic) bond motifs is 3. The Morgan fingerprint density at radius 1 is 1.20 bits per heavy atom. The zero-order valence-corrected chi connectivity index (χ0v) is 22.8. The molecule has 1 amide bonds. The fraction of sp³-hybridized carbons (Fsp3) is 0.500. The lowest BCUT2D eigenvalue weighted by Gasteiger charge is -2.26. The van der Waals surface area contributed by atoms with Gasteiger partial charge in [0.05, 0.1) is 32.5 Å². The van der Waals surface area contributed by atoms with Gasteiger partial charge in [-0.15, -0.1) is 0 Å². The van der Waals surface area contributed by atoms with Crippen LogP contribution in [0.2, 0.25) is 0 Å². The first kappa shape index (κ1) is 26.5. The molecule has 3 aliphatic rings. The number of nitrogens with one attached hydrogen (secondary N) is 1. The quantitative estimate of drug-likeness (QED) is 0.396. The van der Waals surface area contributed by atoms with Crippen LogP contribution in [0.5, 0.6) is 11.5 Å². The number of benzene rings is 1. The van der Waals surface area contributed by atoms with Crippen molar-refractivity contribution in [1.29, 1.82) is 0 Å². The van der Waals surface area contributed by atoms with Gasteiger partial charge in [0.15, 0.2) is 11.5 Å². The summed E-state index contributed by atoms with van der Waals surface area (Å²) in [6.45, 7) is 7.99. The van der Waals surface area contributed by atoms with Gasteiger partial charge in [0.1, 0.15) is 17.2 Å². The number of hydrogen-bond acceptors (Lipinski definition) is 10. The summed E-state index contributed by atoms with van der Waals surface area (Å²) in [6.07, 6.45) is 3.40. The van der Waals surface area contributed by atoms with Crippen molar-refractivity contribution in [2.75, 3.05) is 76.4 Å². The minimum absolute atomic E-state index is 0.155. The number of hydrogen-bond donors (Lipinski definition) is 2. The highest BCUT2D eigenvalue weighted by atomic mass is 16.5. The van der Waals surface area contributed by atoms with E-state index in [-0.39, 0.29) is 6.04 Å². The molecule has 5 heterocycles. The summed E-state index contributed by atoms with van der Waals surface area (Å²) < 4.78 is 19.3. The Labute approximate surface area is 232 Å². The lowest BCUT2D eigenvalue weighted by Crippen LogP contribution is -2.37. The van der Waals surface area contributed by atoms with Crippen LogP contribution in [0.1, 0.15) is 23.2 Å². The molecule has 212 valence electrons. The molecule has 0 radical (unpaired) electrons. The summed E-state index contributed by atoms with van der Waals surface area (Å²) in [4.78, 5) is 31.4.